The van der Waals surface area contributed by atoms with Gasteiger partial charge in [-0.3, -0.25) is 0 Å². The second-order valence-electron chi connectivity index (χ2n) is 5.63. The van der Waals surface area contributed by atoms with Gasteiger partial charge in [0.25, 0.3) is 0 Å². The highest BCUT2D eigenvalue weighted by atomic mass is 15.2. The van der Waals surface area contributed by atoms with Crippen LogP contribution >= 0.6 is 0 Å². The molecule has 0 saturated carbocycles. The molecular weight excluding hydrogens is 160 g/mol. The van der Waals surface area contributed by atoms with Crippen LogP contribution in [0.4, 0.5) is 0 Å². The predicted octanol–water partition coefficient (Wildman–Crippen LogP) is 1.85. The highest BCUT2D eigenvalue weighted by molar-refractivity contribution is 4.88. The van der Waals surface area contributed by atoms with Crippen LogP contribution in [0.1, 0.15) is 40.5 Å². The van der Waals surface area contributed by atoms with Crippen molar-refractivity contribution in [3.05, 3.63) is 0 Å². The molecule has 2 N–H and O–H groups in total. The van der Waals surface area contributed by atoms with Crippen molar-refractivity contribution in [2.24, 2.45) is 11.1 Å². The van der Waals surface area contributed by atoms with Gasteiger partial charge in [-0.05, 0) is 31.7 Å². The van der Waals surface area contributed by atoms with Gasteiger partial charge in [0, 0.05) is 18.6 Å². The molecule has 0 radical (unpaired) electrons. The summed E-state index contributed by atoms with van der Waals surface area (Å²) in [6.07, 6.45) is 2.37. The topological polar surface area (TPSA) is 29.3 Å². The van der Waals surface area contributed by atoms with Gasteiger partial charge < -0.3 is 10.6 Å². The summed E-state index contributed by atoms with van der Waals surface area (Å²) >= 11 is 0. The number of nitrogens with two attached hydrogens (primary N) is 1. The first-order valence-electron chi connectivity index (χ1n) is 5.36. The van der Waals surface area contributed by atoms with Gasteiger partial charge in [-0.2, -0.15) is 0 Å². The Morgan fingerprint density at radius 1 is 1.46 bits per heavy atom. The van der Waals surface area contributed by atoms with Gasteiger partial charge in [0.2, 0.25) is 0 Å². The van der Waals surface area contributed by atoms with Crippen molar-refractivity contribution < 1.29 is 0 Å². The van der Waals surface area contributed by atoms with E-state index in [0.29, 0.717) is 5.41 Å². The van der Waals surface area contributed by atoms with Gasteiger partial charge in [-0.25, -0.2) is 0 Å². The molecule has 0 bridgehead atoms. The smallest absolute Gasteiger partial charge is 0.0252 e. The van der Waals surface area contributed by atoms with E-state index in [9.17, 15) is 0 Å². The molecule has 0 aliphatic carbocycles. The molecule has 0 aromatic carbocycles. The van der Waals surface area contributed by atoms with Crippen LogP contribution in [-0.2, 0) is 0 Å². The summed E-state index contributed by atoms with van der Waals surface area (Å²) in [5.74, 6) is 0. The SMILES string of the molecule is CCC(C)(N)CN1CCC(C)(C)C1. The van der Waals surface area contributed by atoms with Gasteiger partial charge in [0.15, 0.2) is 0 Å². The third kappa shape index (κ3) is 3.28. The molecule has 1 aliphatic heterocycles. The summed E-state index contributed by atoms with van der Waals surface area (Å²) in [5.41, 5.74) is 6.65. The number of nitrogens with zero attached hydrogens (tertiary/aromatic N) is 1. The Morgan fingerprint density at radius 3 is 2.46 bits per heavy atom. The van der Waals surface area contributed by atoms with E-state index in [-0.39, 0.29) is 5.54 Å². The molecule has 0 spiro atoms. The zero-order valence-corrected chi connectivity index (χ0v) is 9.56. The maximum absolute atomic E-state index is 6.14. The van der Waals surface area contributed by atoms with Crippen molar-refractivity contribution in [1.29, 1.82) is 0 Å². The van der Waals surface area contributed by atoms with Crippen LogP contribution in [0, 0.1) is 5.41 Å². The van der Waals surface area contributed by atoms with Crippen molar-refractivity contribution in [3.8, 4) is 0 Å². The van der Waals surface area contributed by atoms with Gasteiger partial charge in [-0.1, -0.05) is 20.8 Å². The molecule has 78 valence electrons. The molecule has 1 atom stereocenters. The Hall–Kier alpha value is -0.0800. The van der Waals surface area contributed by atoms with Crippen LogP contribution in [-0.4, -0.2) is 30.1 Å². The minimum absolute atomic E-state index is 0.000417. The molecule has 0 amide bonds. The van der Waals surface area contributed by atoms with Crippen LogP contribution in [0.25, 0.3) is 0 Å². The minimum Gasteiger partial charge on any atom is -0.324 e. The second kappa shape index (κ2) is 3.58. The highest BCUT2D eigenvalue weighted by Crippen LogP contribution is 2.29. The van der Waals surface area contributed by atoms with E-state index in [1.54, 1.807) is 0 Å². The third-order valence-corrected chi connectivity index (χ3v) is 3.15. The maximum Gasteiger partial charge on any atom is 0.0252 e. The molecule has 0 aromatic heterocycles. The van der Waals surface area contributed by atoms with E-state index in [4.69, 9.17) is 5.73 Å². The molecule has 13 heavy (non-hydrogen) atoms. The Kier molecular flexibility index (Phi) is 3.03. The third-order valence-electron chi connectivity index (χ3n) is 3.15. The Bertz CT molecular complexity index is 173. The molecule has 2 heteroatoms. The van der Waals surface area contributed by atoms with Crippen LogP contribution in [0.2, 0.25) is 0 Å². The first-order valence-corrected chi connectivity index (χ1v) is 5.36. The standard InChI is InChI=1S/C11H24N2/c1-5-11(4,12)9-13-7-6-10(2,3)8-13/h5-9,12H2,1-4H3. The molecule has 2 nitrogen and oxygen atoms in total. The van der Waals surface area contributed by atoms with Crippen LogP contribution in [0.15, 0.2) is 0 Å². The number of hydrogen-bond acceptors (Lipinski definition) is 2. The van der Waals surface area contributed by atoms with Gasteiger partial charge in [0.1, 0.15) is 0 Å². The molecule has 1 heterocycles. The summed E-state index contributed by atoms with van der Waals surface area (Å²) < 4.78 is 0. The number of likely N-dealkylation sites (tertiary alicyclic amines) is 1. The lowest BCUT2D eigenvalue weighted by Crippen LogP contribution is -2.46. The Morgan fingerprint density at radius 2 is 2.08 bits per heavy atom. The Balaban J connectivity index is 2.40. The zero-order chi connectivity index (χ0) is 10.1. The van der Waals surface area contributed by atoms with Crippen molar-refractivity contribution in [1.82, 2.24) is 4.90 Å². The highest BCUT2D eigenvalue weighted by Gasteiger charge is 2.31. The first-order chi connectivity index (χ1) is 5.85. The average Bonchev–Trinajstić information content (AvgIpc) is 2.29. The molecule has 0 aromatic rings. The molecule has 1 saturated heterocycles. The number of rotatable bonds is 3. The molecule has 1 rings (SSSR count). The maximum atomic E-state index is 6.14. The van der Waals surface area contributed by atoms with Crippen molar-refractivity contribution >= 4 is 0 Å². The largest absolute Gasteiger partial charge is 0.324 e. The van der Waals surface area contributed by atoms with Crippen molar-refractivity contribution in [2.75, 3.05) is 19.6 Å². The van der Waals surface area contributed by atoms with Crippen molar-refractivity contribution in [2.45, 2.75) is 46.1 Å². The van der Waals surface area contributed by atoms with Crippen LogP contribution in [0.5, 0.6) is 0 Å². The normalized spacial score (nSPS) is 27.5. The fourth-order valence-electron chi connectivity index (χ4n) is 1.98. The molecular formula is C11H24N2. The summed E-state index contributed by atoms with van der Waals surface area (Å²) in [5, 5.41) is 0. The van der Waals surface area contributed by atoms with E-state index >= 15 is 0 Å². The summed E-state index contributed by atoms with van der Waals surface area (Å²) in [7, 11) is 0. The Labute approximate surface area is 82.5 Å². The summed E-state index contributed by atoms with van der Waals surface area (Å²) in [4.78, 5) is 2.50. The van der Waals surface area contributed by atoms with E-state index in [2.05, 4.69) is 32.6 Å². The molecule has 1 aliphatic rings. The lowest BCUT2D eigenvalue weighted by molar-refractivity contribution is 0.231. The van der Waals surface area contributed by atoms with E-state index in [1.165, 1.54) is 19.5 Å². The number of hydrogen-bond donors (Lipinski definition) is 1. The van der Waals surface area contributed by atoms with Gasteiger partial charge >= 0.3 is 0 Å². The van der Waals surface area contributed by atoms with Crippen molar-refractivity contribution in [3.63, 3.8) is 0 Å². The van der Waals surface area contributed by atoms with E-state index in [1.807, 2.05) is 0 Å². The lowest BCUT2D eigenvalue weighted by Gasteiger charge is -2.29. The fraction of sp³-hybridized carbons (Fsp3) is 1.00. The monoisotopic (exact) mass is 184 g/mol. The molecule has 1 fully saturated rings. The fourth-order valence-corrected chi connectivity index (χ4v) is 1.98. The molecule has 1 unspecified atom stereocenters. The van der Waals surface area contributed by atoms with E-state index in [0.717, 1.165) is 13.0 Å². The second-order valence-corrected chi connectivity index (χ2v) is 5.63. The lowest BCUT2D eigenvalue weighted by atomic mass is 9.93. The van der Waals surface area contributed by atoms with Crippen LogP contribution < -0.4 is 5.73 Å². The van der Waals surface area contributed by atoms with Gasteiger partial charge in [0.05, 0.1) is 0 Å². The van der Waals surface area contributed by atoms with E-state index < -0.39 is 0 Å². The summed E-state index contributed by atoms with van der Waals surface area (Å²) in [6.45, 7) is 12.5. The minimum atomic E-state index is 0.000417. The summed E-state index contributed by atoms with van der Waals surface area (Å²) in [6, 6.07) is 0. The quantitative estimate of drug-likeness (QED) is 0.725. The average molecular weight is 184 g/mol. The van der Waals surface area contributed by atoms with Gasteiger partial charge in [-0.15, -0.1) is 0 Å². The first kappa shape index (κ1) is 11.0. The zero-order valence-electron chi connectivity index (χ0n) is 9.56. The van der Waals surface area contributed by atoms with Crippen LogP contribution in [0.3, 0.4) is 0 Å². The predicted molar refractivity (Wildman–Crippen MR) is 57.7 cm³/mol.